The minimum Gasteiger partial charge on any atom is -0.487 e. The van der Waals surface area contributed by atoms with Crippen molar-refractivity contribution in [3.8, 4) is 5.75 Å². The van der Waals surface area contributed by atoms with Crippen LogP contribution in [0.5, 0.6) is 5.75 Å². The fourth-order valence-corrected chi connectivity index (χ4v) is 3.12. The molecule has 0 saturated carbocycles. The molecular formula is C18H24Cl2N4O3. The highest BCUT2D eigenvalue weighted by molar-refractivity contribution is 6.32. The first-order valence-corrected chi connectivity index (χ1v) is 9.04. The lowest BCUT2D eigenvalue weighted by Crippen LogP contribution is -2.32. The number of nitrogens with one attached hydrogen (secondary N) is 2. The van der Waals surface area contributed by atoms with Crippen molar-refractivity contribution in [3.63, 3.8) is 0 Å². The van der Waals surface area contributed by atoms with Crippen LogP contribution in [0.2, 0.25) is 5.02 Å². The quantitative estimate of drug-likeness (QED) is 0.680. The lowest BCUT2D eigenvalue weighted by molar-refractivity contribution is 0.102. The van der Waals surface area contributed by atoms with Crippen molar-refractivity contribution in [2.75, 3.05) is 38.7 Å². The highest BCUT2D eigenvalue weighted by atomic mass is 35.5. The maximum Gasteiger partial charge on any atom is 0.276 e. The molecule has 0 radical (unpaired) electrons. The van der Waals surface area contributed by atoms with E-state index in [0.29, 0.717) is 35.4 Å². The Hall–Kier alpha value is -1.80. The van der Waals surface area contributed by atoms with Crippen molar-refractivity contribution < 1.29 is 14.3 Å². The molecule has 1 fully saturated rings. The van der Waals surface area contributed by atoms with Gasteiger partial charge in [0.25, 0.3) is 5.91 Å². The maximum atomic E-state index is 12.6. The first-order valence-electron chi connectivity index (χ1n) is 8.66. The Kier molecular flexibility index (Phi) is 8.37. The largest absolute Gasteiger partial charge is 0.487 e. The second-order valence-corrected chi connectivity index (χ2v) is 6.50. The van der Waals surface area contributed by atoms with Crippen LogP contribution in [0.3, 0.4) is 0 Å². The fraction of sp³-hybridized carbons (Fsp3) is 0.444. The molecule has 2 aromatic rings. The van der Waals surface area contributed by atoms with Gasteiger partial charge in [0, 0.05) is 19.9 Å². The summed E-state index contributed by atoms with van der Waals surface area (Å²) in [5, 5.41) is 11.0. The number of carbonyl (C=O) groups is 1. The van der Waals surface area contributed by atoms with Crippen molar-refractivity contribution >= 4 is 35.6 Å². The lowest BCUT2D eigenvalue weighted by Gasteiger charge is -2.22. The number of piperidine rings is 1. The van der Waals surface area contributed by atoms with Gasteiger partial charge in [0.15, 0.2) is 11.4 Å². The van der Waals surface area contributed by atoms with Crippen molar-refractivity contribution in [2.45, 2.75) is 18.9 Å². The van der Waals surface area contributed by atoms with Gasteiger partial charge in [-0.2, -0.15) is 5.10 Å². The number of hydrogen-bond donors (Lipinski definition) is 2. The zero-order valence-corrected chi connectivity index (χ0v) is 16.7. The molecule has 1 saturated heterocycles. The predicted molar refractivity (Wildman–Crippen MR) is 107 cm³/mol. The van der Waals surface area contributed by atoms with Crippen LogP contribution in [-0.2, 0) is 4.74 Å². The van der Waals surface area contributed by atoms with Gasteiger partial charge < -0.3 is 20.1 Å². The average molecular weight is 415 g/mol. The number of rotatable bonds is 7. The molecule has 9 heteroatoms. The number of nitrogens with zero attached hydrogens (tertiary/aromatic N) is 2. The van der Waals surface area contributed by atoms with E-state index >= 15 is 0 Å². The predicted octanol–water partition coefficient (Wildman–Crippen LogP) is 3.16. The minimum atomic E-state index is -0.300. The first kappa shape index (κ1) is 21.5. The molecule has 1 aromatic heterocycles. The summed E-state index contributed by atoms with van der Waals surface area (Å²) < 4.78 is 12.5. The molecule has 3 rings (SSSR count). The van der Waals surface area contributed by atoms with Crippen molar-refractivity contribution in [1.29, 1.82) is 0 Å². The van der Waals surface area contributed by atoms with Crippen molar-refractivity contribution in [2.24, 2.45) is 0 Å². The van der Waals surface area contributed by atoms with Crippen LogP contribution < -0.4 is 15.4 Å². The third kappa shape index (κ3) is 5.59. The number of hydrogen-bond acceptors (Lipinski definition) is 5. The van der Waals surface area contributed by atoms with E-state index in [2.05, 4.69) is 15.7 Å². The van der Waals surface area contributed by atoms with Gasteiger partial charge in [0.1, 0.15) is 6.61 Å². The van der Waals surface area contributed by atoms with E-state index in [0.717, 1.165) is 25.9 Å². The Labute approximate surface area is 169 Å². The van der Waals surface area contributed by atoms with Gasteiger partial charge in [-0.05, 0) is 37.6 Å². The van der Waals surface area contributed by atoms with Crippen LogP contribution in [-0.4, -0.2) is 49.1 Å². The highest BCUT2D eigenvalue weighted by Gasteiger charge is 2.19. The number of methoxy groups -OCH3 is 1. The van der Waals surface area contributed by atoms with Gasteiger partial charge in [0.2, 0.25) is 0 Å². The number of aromatic nitrogens is 2. The molecule has 1 aliphatic heterocycles. The molecule has 1 aliphatic rings. The molecule has 2 N–H and O–H groups in total. The second kappa shape index (κ2) is 10.5. The minimum absolute atomic E-state index is 0. The number of amides is 1. The molecular weight excluding hydrogens is 391 g/mol. The van der Waals surface area contributed by atoms with Crippen molar-refractivity contribution in [1.82, 2.24) is 15.1 Å². The van der Waals surface area contributed by atoms with Crippen molar-refractivity contribution in [3.05, 3.63) is 41.2 Å². The van der Waals surface area contributed by atoms with Gasteiger partial charge in [-0.25, -0.2) is 0 Å². The van der Waals surface area contributed by atoms with Gasteiger partial charge in [-0.3, -0.25) is 9.48 Å². The number of anilines is 1. The highest BCUT2D eigenvalue weighted by Crippen LogP contribution is 2.33. The molecule has 1 aromatic carbocycles. The molecule has 1 atom stereocenters. The van der Waals surface area contributed by atoms with Crippen LogP contribution in [0, 0.1) is 0 Å². The summed E-state index contributed by atoms with van der Waals surface area (Å²) in [5.41, 5.74) is 0.867. The fourth-order valence-electron chi connectivity index (χ4n) is 2.89. The van der Waals surface area contributed by atoms with Gasteiger partial charge in [0.05, 0.1) is 23.4 Å². The van der Waals surface area contributed by atoms with Gasteiger partial charge in [-0.1, -0.05) is 17.7 Å². The topological polar surface area (TPSA) is 77.4 Å². The summed E-state index contributed by atoms with van der Waals surface area (Å²) in [6.07, 6.45) is 4.01. The SMILES string of the molecule is COCCOc1c(Cl)cccc1NC(=O)c1ccn(C2CCCNC2)n1.Cl. The second-order valence-electron chi connectivity index (χ2n) is 6.09. The third-order valence-corrected chi connectivity index (χ3v) is 4.53. The molecule has 2 heterocycles. The summed E-state index contributed by atoms with van der Waals surface area (Å²) in [4.78, 5) is 12.6. The molecule has 0 spiro atoms. The van der Waals surface area contributed by atoms with Crippen LogP contribution >= 0.6 is 24.0 Å². The van der Waals surface area contributed by atoms with E-state index in [1.54, 1.807) is 31.4 Å². The Balaban J connectivity index is 0.00000261. The number of ether oxygens (including phenoxy) is 2. The zero-order chi connectivity index (χ0) is 18.4. The number of benzene rings is 1. The van der Waals surface area contributed by atoms with E-state index in [1.807, 2.05) is 10.9 Å². The van der Waals surface area contributed by atoms with Crippen LogP contribution in [0.15, 0.2) is 30.5 Å². The van der Waals surface area contributed by atoms with E-state index in [9.17, 15) is 4.79 Å². The van der Waals surface area contributed by atoms with Crippen LogP contribution in [0.25, 0.3) is 0 Å². The molecule has 27 heavy (non-hydrogen) atoms. The first-order chi connectivity index (χ1) is 12.7. The molecule has 1 amide bonds. The molecule has 1 unspecified atom stereocenters. The van der Waals surface area contributed by atoms with Gasteiger partial charge >= 0.3 is 0 Å². The number of carbonyl (C=O) groups excluding carboxylic acids is 1. The Morgan fingerprint density at radius 3 is 3.00 bits per heavy atom. The third-order valence-electron chi connectivity index (χ3n) is 4.24. The summed E-state index contributed by atoms with van der Waals surface area (Å²) in [6, 6.07) is 7.22. The Morgan fingerprint density at radius 2 is 2.26 bits per heavy atom. The van der Waals surface area contributed by atoms with E-state index < -0.39 is 0 Å². The summed E-state index contributed by atoms with van der Waals surface area (Å²) in [7, 11) is 1.59. The monoisotopic (exact) mass is 414 g/mol. The van der Waals surface area contributed by atoms with E-state index in [1.165, 1.54) is 0 Å². The smallest absolute Gasteiger partial charge is 0.276 e. The Morgan fingerprint density at radius 1 is 1.41 bits per heavy atom. The lowest BCUT2D eigenvalue weighted by atomic mass is 10.1. The standard InChI is InChI=1S/C18H23ClN4O3.ClH/c1-25-10-11-26-17-14(19)5-2-6-15(17)21-18(24)16-7-9-23(22-16)13-4-3-8-20-12-13;/h2,5-7,9,13,20H,3-4,8,10-12H2,1H3,(H,21,24);1H. The molecule has 0 aliphatic carbocycles. The van der Waals surface area contributed by atoms with Crippen LogP contribution in [0.4, 0.5) is 5.69 Å². The maximum absolute atomic E-state index is 12.6. The number of para-hydroxylation sites is 1. The van der Waals surface area contributed by atoms with Crippen LogP contribution in [0.1, 0.15) is 29.4 Å². The normalized spacial score (nSPS) is 16.4. The summed E-state index contributed by atoms with van der Waals surface area (Å²) >= 11 is 6.20. The zero-order valence-electron chi connectivity index (χ0n) is 15.1. The molecule has 148 valence electrons. The Bertz CT molecular complexity index is 748. The molecule has 0 bridgehead atoms. The summed E-state index contributed by atoms with van der Waals surface area (Å²) in [5.74, 6) is 0.127. The van der Waals surface area contributed by atoms with E-state index in [4.69, 9.17) is 21.1 Å². The average Bonchev–Trinajstić information content (AvgIpc) is 3.15. The van der Waals surface area contributed by atoms with E-state index in [-0.39, 0.29) is 24.4 Å². The van der Waals surface area contributed by atoms with Gasteiger partial charge in [-0.15, -0.1) is 12.4 Å². The molecule has 7 nitrogen and oxygen atoms in total. The summed E-state index contributed by atoms with van der Waals surface area (Å²) in [6.45, 7) is 2.67. The number of halogens is 2.